The minimum atomic E-state index is -0.423. The molecule has 0 bridgehead atoms. The van der Waals surface area contributed by atoms with E-state index >= 15 is 0 Å². The van der Waals surface area contributed by atoms with Gasteiger partial charge in [0, 0.05) is 7.11 Å². The summed E-state index contributed by atoms with van der Waals surface area (Å²) in [5.41, 5.74) is 0. The third kappa shape index (κ3) is 4.01. The van der Waals surface area contributed by atoms with Crippen molar-refractivity contribution < 1.29 is 13.9 Å². The third-order valence-electron chi connectivity index (χ3n) is 1.94. The van der Waals surface area contributed by atoms with Gasteiger partial charge in [-0.15, -0.1) is 0 Å². The van der Waals surface area contributed by atoms with Crippen molar-refractivity contribution in [3.05, 3.63) is 21.7 Å². The van der Waals surface area contributed by atoms with Crippen molar-refractivity contribution >= 4 is 34.3 Å². The maximum Gasteiger partial charge on any atom is 0.228 e. The first-order chi connectivity index (χ1) is 7.52. The van der Waals surface area contributed by atoms with Crippen LogP contribution in [0.3, 0.4) is 0 Å². The topological polar surface area (TPSA) is 51.2 Å². The molecule has 6 heteroatoms. The van der Waals surface area contributed by atoms with Gasteiger partial charge in [-0.3, -0.25) is 4.79 Å². The van der Waals surface area contributed by atoms with Crippen LogP contribution in [-0.2, 0) is 9.53 Å². The standard InChI is InChI=1S/C10H12FIN2O2/c1-6(16-2)3-9(15)14-10-8(12)4-7(11)5-13-10/h4-6H,3H2,1-2H3,(H,13,14,15)/t6-/m0/s1. The van der Waals surface area contributed by atoms with E-state index in [1.54, 1.807) is 6.92 Å². The van der Waals surface area contributed by atoms with Crippen LogP contribution in [0.4, 0.5) is 10.2 Å². The van der Waals surface area contributed by atoms with Gasteiger partial charge in [-0.2, -0.15) is 0 Å². The lowest BCUT2D eigenvalue weighted by molar-refractivity contribution is -0.118. The predicted octanol–water partition coefficient (Wildman–Crippen LogP) is 2.19. The molecule has 1 aromatic rings. The minimum absolute atomic E-state index is 0.155. The highest BCUT2D eigenvalue weighted by molar-refractivity contribution is 14.1. The van der Waals surface area contributed by atoms with Gasteiger partial charge in [0.05, 0.1) is 22.3 Å². The van der Waals surface area contributed by atoms with Gasteiger partial charge in [0.15, 0.2) is 0 Å². The lowest BCUT2D eigenvalue weighted by Gasteiger charge is -2.10. The number of nitrogens with one attached hydrogen (secondary N) is 1. The molecular formula is C10H12FIN2O2. The zero-order valence-electron chi connectivity index (χ0n) is 8.96. The second-order valence-corrected chi connectivity index (χ2v) is 4.44. The van der Waals surface area contributed by atoms with Gasteiger partial charge in [-0.1, -0.05) is 0 Å². The predicted molar refractivity (Wildman–Crippen MR) is 66.6 cm³/mol. The second kappa shape index (κ2) is 6.09. The Morgan fingerprint density at radius 3 is 3.00 bits per heavy atom. The molecule has 0 aliphatic carbocycles. The summed E-state index contributed by atoms with van der Waals surface area (Å²) in [6, 6.07) is 1.31. The van der Waals surface area contributed by atoms with Gasteiger partial charge in [0.25, 0.3) is 0 Å². The summed E-state index contributed by atoms with van der Waals surface area (Å²) in [6.07, 6.45) is 1.15. The molecule has 88 valence electrons. The van der Waals surface area contributed by atoms with E-state index in [9.17, 15) is 9.18 Å². The minimum Gasteiger partial charge on any atom is -0.381 e. The average Bonchev–Trinajstić information content (AvgIpc) is 2.22. The molecule has 0 saturated carbocycles. The number of rotatable bonds is 4. The van der Waals surface area contributed by atoms with Crippen LogP contribution in [0, 0.1) is 9.39 Å². The second-order valence-electron chi connectivity index (χ2n) is 3.28. The van der Waals surface area contributed by atoms with Crippen molar-refractivity contribution in [2.75, 3.05) is 12.4 Å². The van der Waals surface area contributed by atoms with Crippen LogP contribution >= 0.6 is 22.6 Å². The van der Waals surface area contributed by atoms with E-state index in [2.05, 4.69) is 10.3 Å². The van der Waals surface area contributed by atoms with Crippen LogP contribution in [0.5, 0.6) is 0 Å². The molecule has 0 aromatic carbocycles. The molecule has 1 N–H and O–H groups in total. The number of methoxy groups -OCH3 is 1. The molecule has 0 unspecified atom stereocenters. The fraction of sp³-hybridized carbons (Fsp3) is 0.400. The van der Waals surface area contributed by atoms with Crippen molar-refractivity contribution in [3.63, 3.8) is 0 Å². The highest BCUT2D eigenvalue weighted by atomic mass is 127. The van der Waals surface area contributed by atoms with Crippen LogP contribution in [0.1, 0.15) is 13.3 Å². The fourth-order valence-corrected chi connectivity index (χ4v) is 1.61. The number of anilines is 1. The van der Waals surface area contributed by atoms with Gasteiger partial charge < -0.3 is 10.1 Å². The Balaban J connectivity index is 2.63. The maximum absolute atomic E-state index is 12.7. The Bertz CT molecular complexity index is 387. The Morgan fingerprint density at radius 1 is 1.75 bits per heavy atom. The molecule has 1 aromatic heterocycles. The van der Waals surface area contributed by atoms with Gasteiger partial charge in [0.1, 0.15) is 11.6 Å². The summed E-state index contributed by atoms with van der Waals surface area (Å²) in [4.78, 5) is 15.3. The molecule has 1 heterocycles. The number of aromatic nitrogens is 1. The summed E-state index contributed by atoms with van der Waals surface area (Å²) >= 11 is 1.91. The molecule has 1 atom stereocenters. The number of nitrogens with zero attached hydrogens (tertiary/aromatic N) is 1. The summed E-state index contributed by atoms with van der Waals surface area (Å²) in [7, 11) is 1.54. The molecular weight excluding hydrogens is 326 g/mol. The van der Waals surface area contributed by atoms with Crippen LogP contribution in [0.15, 0.2) is 12.3 Å². The number of carbonyl (C=O) groups excluding carboxylic acids is 1. The summed E-state index contributed by atoms with van der Waals surface area (Å²) in [5.74, 6) is -0.255. The van der Waals surface area contributed by atoms with E-state index in [1.165, 1.54) is 13.2 Å². The van der Waals surface area contributed by atoms with Crippen LogP contribution in [0.25, 0.3) is 0 Å². The van der Waals surface area contributed by atoms with Crippen LogP contribution < -0.4 is 5.32 Å². The van der Waals surface area contributed by atoms with Crippen molar-refractivity contribution in [2.45, 2.75) is 19.4 Å². The highest BCUT2D eigenvalue weighted by Gasteiger charge is 2.11. The molecule has 1 rings (SSSR count). The van der Waals surface area contributed by atoms with E-state index in [-0.39, 0.29) is 18.4 Å². The number of hydrogen-bond donors (Lipinski definition) is 1. The quantitative estimate of drug-likeness (QED) is 0.857. The Labute approximate surface area is 107 Å². The highest BCUT2D eigenvalue weighted by Crippen LogP contribution is 2.16. The largest absolute Gasteiger partial charge is 0.381 e. The number of hydrogen-bond acceptors (Lipinski definition) is 3. The van der Waals surface area contributed by atoms with Gasteiger partial charge in [-0.25, -0.2) is 9.37 Å². The molecule has 0 saturated heterocycles. The first-order valence-corrected chi connectivity index (χ1v) is 5.74. The Morgan fingerprint density at radius 2 is 2.44 bits per heavy atom. The maximum atomic E-state index is 12.7. The number of carbonyl (C=O) groups is 1. The smallest absolute Gasteiger partial charge is 0.228 e. The van der Waals surface area contributed by atoms with Gasteiger partial charge in [-0.05, 0) is 35.6 Å². The molecule has 0 radical (unpaired) electrons. The zero-order valence-corrected chi connectivity index (χ0v) is 11.1. The zero-order chi connectivity index (χ0) is 12.1. The number of ether oxygens (including phenoxy) is 1. The molecule has 16 heavy (non-hydrogen) atoms. The summed E-state index contributed by atoms with van der Waals surface area (Å²) in [6.45, 7) is 1.79. The lowest BCUT2D eigenvalue weighted by Crippen LogP contribution is -2.20. The van der Waals surface area contributed by atoms with Crippen molar-refractivity contribution in [3.8, 4) is 0 Å². The summed E-state index contributed by atoms with van der Waals surface area (Å²) in [5, 5.41) is 2.60. The molecule has 0 fully saturated rings. The first kappa shape index (κ1) is 13.3. The van der Waals surface area contributed by atoms with Crippen molar-refractivity contribution in [2.24, 2.45) is 0 Å². The number of halogens is 2. The molecule has 0 spiro atoms. The average molecular weight is 338 g/mol. The first-order valence-electron chi connectivity index (χ1n) is 4.66. The monoisotopic (exact) mass is 338 g/mol. The van der Waals surface area contributed by atoms with Crippen LogP contribution in [-0.4, -0.2) is 24.1 Å². The Kier molecular flexibility index (Phi) is 5.07. The van der Waals surface area contributed by atoms with E-state index in [0.29, 0.717) is 9.39 Å². The fourth-order valence-electron chi connectivity index (χ4n) is 1.03. The number of pyridine rings is 1. The molecule has 1 amide bonds. The molecule has 0 aliphatic heterocycles. The number of amides is 1. The van der Waals surface area contributed by atoms with E-state index in [4.69, 9.17) is 4.74 Å². The Hall–Kier alpha value is -0.760. The van der Waals surface area contributed by atoms with Crippen molar-refractivity contribution in [1.82, 2.24) is 4.98 Å². The van der Waals surface area contributed by atoms with E-state index in [0.717, 1.165) is 6.20 Å². The van der Waals surface area contributed by atoms with Gasteiger partial charge in [0.2, 0.25) is 5.91 Å². The summed E-state index contributed by atoms with van der Waals surface area (Å²) < 4.78 is 18.3. The van der Waals surface area contributed by atoms with E-state index < -0.39 is 5.82 Å². The van der Waals surface area contributed by atoms with Gasteiger partial charge >= 0.3 is 0 Å². The molecule has 0 aliphatic rings. The van der Waals surface area contributed by atoms with E-state index in [1.807, 2.05) is 22.6 Å². The van der Waals surface area contributed by atoms with Crippen molar-refractivity contribution in [1.29, 1.82) is 0 Å². The normalized spacial score (nSPS) is 12.2. The molecule has 4 nitrogen and oxygen atoms in total. The lowest BCUT2D eigenvalue weighted by atomic mass is 10.2. The third-order valence-corrected chi connectivity index (χ3v) is 2.76. The SMILES string of the molecule is CO[C@@H](C)CC(=O)Nc1ncc(F)cc1I. The van der Waals surface area contributed by atoms with Crippen LogP contribution in [0.2, 0.25) is 0 Å².